The molecule has 0 aliphatic heterocycles. The number of para-hydroxylation sites is 1. The van der Waals surface area contributed by atoms with Gasteiger partial charge in [0.25, 0.3) is 0 Å². The van der Waals surface area contributed by atoms with Crippen molar-refractivity contribution in [3.8, 4) is 23.0 Å². The molecule has 0 radical (unpaired) electrons. The van der Waals surface area contributed by atoms with E-state index in [-0.39, 0.29) is 0 Å². The largest absolute Gasteiger partial charge is 0.493 e. The van der Waals surface area contributed by atoms with Gasteiger partial charge in [-0.15, -0.1) is 0 Å². The van der Waals surface area contributed by atoms with Crippen molar-refractivity contribution in [2.45, 2.75) is 0 Å². The topological polar surface area (TPSA) is 53.7 Å². The maximum Gasteiger partial charge on any atom is 0.164 e. The fourth-order valence-corrected chi connectivity index (χ4v) is 2.11. The second kappa shape index (κ2) is 6.01. The van der Waals surface area contributed by atoms with E-state index in [1.54, 1.807) is 26.4 Å². The molecule has 0 aromatic heterocycles. The van der Waals surface area contributed by atoms with Crippen LogP contribution in [0.25, 0.3) is 0 Å². The van der Waals surface area contributed by atoms with Crippen LogP contribution in [0.4, 0.5) is 5.69 Å². The van der Waals surface area contributed by atoms with Crippen molar-refractivity contribution >= 4 is 28.3 Å². The summed E-state index contributed by atoms with van der Waals surface area (Å²) >= 11 is 2.21. The average Bonchev–Trinajstić information content (AvgIpc) is 2.42. The molecule has 0 spiro atoms. The Labute approximate surface area is 125 Å². The summed E-state index contributed by atoms with van der Waals surface area (Å²) < 4.78 is 17.2. The van der Waals surface area contributed by atoms with Gasteiger partial charge in [-0.05, 0) is 34.7 Å². The highest BCUT2D eigenvalue weighted by atomic mass is 127. The summed E-state index contributed by atoms with van der Waals surface area (Å²) in [5, 5.41) is 0. The van der Waals surface area contributed by atoms with Gasteiger partial charge >= 0.3 is 0 Å². The zero-order chi connectivity index (χ0) is 13.8. The number of halogens is 1. The van der Waals surface area contributed by atoms with E-state index in [0.29, 0.717) is 22.9 Å². The molecule has 4 nitrogen and oxygen atoms in total. The molecule has 2 aromatic carbocycles. The van der Waals surface area contributed by atoms with Gasteiger partial charge in [-0.3, -0.25) is 0 Å². The highest BCUT2D eigenvalue weighted by Gasteiger charge is 2.11. The Morgan fingerprint density at radius 3 is 2.16 bits per heavy atom. The molecule has 0 unspecified atom stereocenters. The summed E-state index contributed by atoms with van der Waals surface area (Å²) in [7, 11) is 3.14. The summed E-state index contributed by atoms with van der Waals surface area (Å²) in [6.45, 7) is 0. The van der Waals surface area contributed by atoms with Gasteiger partial charge in [-0.2, -0.15) is 0 Å². The molecule has 0 bridgehead atoms. The first-order valence-electron chi connectivity index (χ1n) is 5.59. The van der Waals surface area contributed by atoms with Crippen molar-refractivity contribution < 1.29 is 14.2 Å². The van der Waals surface area contributed by atoms with Crippen molar-refractivity contribution in [2.75, 3.05) is 20.0 Å². The van der Waals surface area contributed by atoms with Gasteiger partial charge in [0.2, 0.25) is 0 Å². The van der Waals surface area contributed by atoms with Crippen LogP contribution in [0.3, 0.4) is 0 Å². The lowest BCUT2D eigenvalue weighted by molar-refractivity contribution is 0.352. The molecule has 0 heterocycles. The lowest BCUT2D eigenvalue weighted by atomic mass is 10.2. The minimum absolute atomic E-state index is 0.498. The Hall–Kier alpha value is -1.63. The van der Waals surface area contributed by atoms with E-state index < -0.39 is 0 Å². The number of rotatable bonds is 4. The fourth-order valence-electron chi connectivity index (χ4n) is 1.61. The Balaban J connectivity index is 2.38. The Kier molecular flexibility index (Phi) is 4.36. The van der Waals surface area contributed by atoms with E-state index in [9.17, 15) is 0 Å². The van der Waals surface area contributed by atoms with Gasteiger partial charge in [0.05, 0.1) is 23.5 Å². The monoisotopic (exact) mass is 371 g/mol. The molecule has 0 amide bonds. The molecule has 2 rings (SSSR count). The summed E-state index contributed by atoms with van der Waals surface area (Å²) in [6.07, 6.45) is 0. The summed E-state index contributed by atoms with van der Waals surface area (Å²) in [4.78, 5) is 0. The van der Waals surface area contributed by atoms with Gasteiger partial charge in [0.1, 0.15) is 5.75 Å². The van der Waals surface area contributed by atoms with Crippen LogP contribution in [-0.2, 0) is 0 Å². The standard InChI is InChI=1S/C14H14INO3/c1-17-13-7-10(16)12(8-14(13)18-2)19-11-6-4-3-5-9(11)15/h3-8H,16H2,1-2H3. The highest BCUT2D eigenvalue weighted by molar-refractivity contribution is 14.1. The van der Waals surface area contributed by atoms with E-state index in [4.69, 9.17) is 19.9 Å². The van der Waals surface area contributed by atoms with Crippen molar-refractivity contribution in [1.29, 1.82) is 0 Å². The third-order valence-corrected chi connectivity index (χ3v) is 3.46. The quantitative estimate of drug-likeness (QED) is 0.658. The Bertz CT molecular complexity index is 587. The van der Waals surface area contributed by atoms with Crippen LogP contribution in [-0.4, -0.2) is 14.2 Å². The van der Waals surface area contributed by atoms with E-state index in [0.717, 1.165) is 9.32 Å². The molecule has 2 N–H and O–H groups in total. The zero-order valence-electron chi connectivity index (χ0n) is 10.6. The number of hydrogen-bond acceptors (Lipinski definition) is 4. The molecule has 0 aliphatic carbocycles. The first kappa shape index (κ1) is 13.8. The second-order valence-electron chi connectivity index (χ2n) is 3.78. The van der Waals surface area contributed by atoms with Crippen LogP contribution < -0.4 is 19.9 Å². The van der Waals surface area contributed by atoms with Gasteiger partial charge < -0.3 is 19.9 Å². The summed E-state index contributed by atoms with van der Waals surface area (Å²) in [6, 6.07) is 11.1. The smallest absolute Gasteiger partial charge is 0.164 e. The number of nitrogen functional groups attached to an aromatic ring is 1. The fraction of sp³-hybridized carbons (Fsp3) is 0.143. The van der Waals surface area contributed by atoms with Crippen molar-refractivity contribution in [3.05, 3.63) is 40.0 Å². The first-order valence-corrected chi connectivity index (χ1v) is 6.67. The molecule has 100 valence electrons. The summed E-state index contributed by atoms with van der Waals surface area (Å²) in [5.74, 6) is 2.46. The molecular formula is C14H14INO3. The van der Waals surface area contributed by atoms with Gasteiger partial charge in [-0.25, -0.2) is 0 Å². The van der Waals surface area contributed by atoms with Gasteiger partial charge in [0, 0.05) is 12.1 Å². The van der Waals surface area contributed by atoms with Gasteiger partial charge in [-0.1, -0.05) is 12.1 Å². The predicted molar refractivity (Wildman–Crippen MR) is 83.2 cm³/mol. The molecule has 0 atom stereocenters. The number of methoxy groups -OCH3 is 2. The van der Waals surface area contributed by atoms with Crippen molar-refractivity contribution in [2.24, 2.45) is 0 Å². The highest BCUT2D eigenvalue weighted by Crippen LogP contribution is 2.39. The molecule has 0 saturated heterocycles. The number of benzene rings is 2. The molecule has 19 heavy (non-hydrogen) atoms. The second-order valence-corrected chi connectivity index (χ2v) is 4.94. The Morgan fingerprint density at radius 1 is 0.895 bits per heavy atom. The van der Waals surface area contributed by atoms with E-state index in [2.05, 4.69) is 22.6 Å². The van der Waals surface area contributed by atoms with Crippen molar-refractivity contribution in [1.82, 2.24) is 0 Å². The first-order chi connectivity index (χ1) is 9.15. The number of hydrogen-bond donors (Lipinski definition) is 1. The lowest BCUT2D eigenvalue weighted by Crippen LogP contribution is -1.97. The van der Waals surface area contributed by atoms with Crippen LogP contribution in [0.15, 0.2) is 36.4 Å². The predicted octanol–water partition coefficient (Wildman–Crippen LogP) is 3.68. The van der Waals surface area contributed by atoms with Crippen LogP contribution >= 0.6 is 22.6 Å². The van der Waals surface area contributed by atoms with Crippen molar-refractivity contribution in [3.63, 3.8) is 0 Å². The molecule has 5 heteroatoms. The molecule has 0 fully saturated rings. The van der Waals surface area contributed by atoms with E-state index in [1.807, 2.05) is 24.3 Å². The number of ether oxygens (including phenoxy) is 3. The maximum atomic E-state index is 5.96. The minimum Gasteiger partial charge on any atom is -0.493 e. The summed E-state index contributed by atoms with van der Waals surface area (Å²) in [5.41, 5.74) is 6.45. The van der Waals surface area contributed by atoms with Crippen LogP contribution in [0.1, 0.15) is 0 Å². The van der Waals surface area contributed by atoms with Gasteiger partial charge in [0.15, 0.2) is 17.2 Å². The third kappa shape index (κ3) is 3.04. The minimum atomic E-state index is 0.498. The zero-order valence-corrected chi connectivity index (χ0v) is 12.8. The molecule has 2 aromatic rings. The van der Waals surface area contributed by atoms with Crippen LogP contribution in [0, 0.1) is 3.57 Å². The normalized spacial score (nSPS) is 10.1. The van der Waals surface area contributed by atoms with Crippen LogP contribution in [0.5, 0.6) is 23.0 Å². The van der Waals surface area contributed by atoms with Crippen LogP contribution in [0.2, 0.25) is 0 Å². The Morgan fingerprint density at radius 2 is 1.53 bits per heavy atom. The average molecular weight is 371 g/mol. The number of anilines is 1. The molecular weight excluding hydrogens is 357 g/mol. The third-order valence-electron chi connectivity index (χ3n) is 2.57. The molecule has 0 saturated carbocycles. The maximum absolute atomic E-state index is 5.96. The number of nitrogens with two attached hydrogens (primary N) is 1. The molecule has 0 aliphatic rings. The SMILES string of the molecule is COc1cc(N)c(Oc2ccccc2I)cc1OC. The van der Waals surface area contributed by atoms with E-state index >= 15 is 0 Å². The van der Waals surface area contributed by atoms with E-state index in [1.165, 1.54) is 0 Å². The lowest BCUT2D eigenvalue weighted by Gasteiger charge is -2.14.